The van der Waals surface area contributed by atoms with E-state index in [0.717, 1.165) is 12.8 Å². The summed E-state index contributed by atoms with van der Waals surface area (Å²) < 4.78 is 5.12. The second kappa shape index (κ2) is 6.68. The van der Waals surface area contributed by atoms with Gasteiger partial charge in [0, 0.05) is 25.8 Å². The number of hydrogen-bond acceptors (Lipinski definition) is 7. The molecule has 1 aliphatic rings. The maximum Gasteiger partial charge on any atom is 0.311 e. The van der Waals surface area contributed by atoms with Crippen LogP contribution in [-0.4, -0.2) is 36.2 Å². The second-order valence-corrected chi connectivity index (χ2v) is 5.20. The molecule has 1 atom stereocenters. The smallest absolute Gasteiger partial charge is 0.311 e. The van der Waals surface area contributed by atoms with Crippen LogP contribution in [0.3, 0.4) is 0 Å². The van der Waals surface area contributed by atoms with Crippen molar-refractivity contribution in [1.82, 2.24) is 4.98 Å². The molecule has 1 unspecified atom stereocenters. The average molecular weight is 295 g/mol. The van der Waals surface area contributed by atoms with Crippen molar-refractivity contribution in [2.45, 2.75) is 25.8 Å². The van der Waals surface area contributed by atoms with Gasteiger partial charge in [-0.2, -0.15) is 0 Å². The lowest BCUT2D eigenvalue weighted by Crippen LogP contribution is -2.38. The molecule has 8 heteroatoms. The predicted molar refractivity (Wildman–Crippen MR) is 80.1 cm³/mol. The summed E-state index contributed by atoms with van der Waals surface area (Å²) in [7, 11) is 1.61. The van der Waals surface area contributed by atoms with Crippen molar-refractivity contribution in [3.63, 3.8) is 0 Å². The average Bonchev–Trinajstić information content (AvgIpc) is 3.31. The molecule has 8 nitrogen and oxygen atoms in total. The van der Waals surface area contributed by atoms with Crippen LogP contribution in [0.5, 0.6) is 0 Å². The number of methoxy groups -OCH3 is 1. The van der Waals surface area contributed by atoms with Gasteiger partial charge in [0.1, 0.15) is 5.82 Å². The molecule has 0 spiro atoms. The molecule has 2 rings (SSSR count). The van der Waals surface area contributed by atoms with Crippen LogP contribution in [0.25, 0.3) is 0 Å². The molecular formula is C13H21N5O3. The summed E-state index contributed by atoms with van der Waals surface area (Å²) in [4.78, 5) is 17.1. The first kappa shape index (κ1) is 15.5. The van der Waals surface area contributed by atoms with Crippen molar-refractivity contribution in [3.05, 3.63) is 22.2 Å². The summed E-state index contributed by atoms with van der Waals surface area (Å²) in [6.45, 7) is 3.10. The minimum absolute atomic E-state index is 0.0161. The fourth-order valence-corrected chi connectivity index (χ4v) is 2.40. The number of nitrogen functional groups attached to an aromatic ring is 1. The first-order chi connectivity index (χ1) is 10.1. The van der Waals surface area contributed by atoms with Gasteiger partial charge in [0.2, 0.25) is 5.82 Å². The number of pyridine rings is 1. The molecule has 1 saturated carbocycles. The number of hydrogen-bond donors (Lipinski definition) is 2. The van der Waals surface area contributed by atoms with E-state index < -0.39 is 4.92 Å². The monoisotopic (exact) mass is 295 g/mol. The highest BCUT2D eigenvalue weighted by Crippen LogP contribution is 2.38. The Balaban J connectivity index is 2.37. The molecule has 1 fully saturated rings. The normalized spacial score (nSPS) is 15.6. The highest BCUT2D eigenvalue weighted by molar-refractivity contribution is 5.62. The van der Waals surface area contributed by atoms with E-state index in [2.05, 4.69) is 17.3 Å². The zero-order valence-electron chi connectivity index (χ0n) is 12.3. The Morgan fingerprint density at radius 2 is 2.33 bits per heavy atom. The summed E-state index contributed by atoms with van der Waals surface area (Å²) in [5.41, 5.74) is 2.42. The molecule has 0 aliphatic heterocycles. The van der Waals surface area contributed by atoms with Crippen molar-refractivity contribution in [1.29, 1.82) is 0 Å². The van der Waals surface area contributed by atoms with E-state index in [1.807, 2.05) is 4.90 Å². The SMILES string of the molecule is COCCN(c1nc(NN)ccc1[N+](=O)[O-])C(C)C1CC1. The van der Waals surface area contributed by atoms with E-state index >= 15 is 0 Å². The highest BCUT2D eigenvalue weighted by atomic mass is 16.6. The fourth-order valence-electron chi connectivity index (χ4n) is 2.40. The van der Waals surface area contributed by atoms with Gasteiger partial charge in [-0.05, 0) is 31.7 Å². The summed E-state index contributed by atoms with van der Waals surface area (Å²) in [5.74, 6) is 6.66. The van der Waals surface area contributed by atoms with Gasteiger partial charge in [-0.15, -0.1) is 0 Å². The Hall–Kier alpha value is -1.93. The number of aromatic nitrogens is 1. The van der Waals surface area contributed by atoms with Crippen LogP contribution in [0.1, 0.15) is 19.8 Å². The molecule has 3 N–H and O–H groups in total. The van der Waals surface area contributed by atoms with Gasteiger partial charge in [-0.1, -0.05) is 0 Å². The van der Waals surface area contributed by atoms with Gasteiger partial charge in [0.25, 0.3) is 0 Å². The number of hydrazine groups is 1. The minimum atomic E-state index is -0.415. The Bertz CT molecular complexity index is 507. The standard InChI is InChI=1S/C13H21N5O3/c1-9(10-3-4-10)17(7-8-21-2)13-11(18(19)20)5-6-12(15-13)16-14/h5-6,9-10H,3-4,7-8,14H2,1-2H3,(H,15,16). The Morgan fingerprint density at radius 1 is 1.62 bits per heavy atom. The molecule has 21 heavy (non-hydrogen) atoms. The van der Waals surface area contributed by atoms with E-state index in [1.54, 1.807) is 7.11 Å². The van der Waals surface area contributed by atoms with E-state index in [9.17, 15) is 10.1 Å². The number of anilines is 2. The number of rotatable bonds is 8. The van der Waals surface area contributed by atoms with Crippen molar-refractivity contribution < 1.29 is 9.66 Å². The van der Waals surface area contributed by atoms with Crippen molar-refractivity contribution in [3.8, 4) is 0 Å². The Labute approximate surface area is 123 Å². The lowest BCUT2D eigenvalue weighted by molar-refractivity contribution is -0.384. The third-order valence-electron chi connectivity index (χ3n) is 3.80. The van der Waals surface area contributed by atoms with E-state index in [4.69, 9.17) is 10.6 Å². The molecule has 0 aromatic carbocycles. The van der Waals surface area contributed by atoms with Gasteiger partial charge in [-0.3, -0.25) is 10.1 Å². The molecule has 0 bridgehead atoms. The van der Waals surface area contributed by atoms with E-state index in [1.165, 1.54) is 12.1 Å². The molecular weight excluding hydrogens is 274 g/mol. The van der Waals surface area contributed by atoms with E-state index in [0.29, 0.717) is 30.7 Å². The summed E-state index contributed by atoms with van der Waals surface area (Å²) in [6, 6.07) is 3.11. The quantitative estimate of drug-likeness (QED) is 0.425. The van der Waals surface area contributed by atoms with Crippen LogP contribution >= 0.6 is 0 Å². The summed E-state index contributed by atoms with van der Waals surface area (Å²) in [5, 5.41) is 11.3. The maximum absolute atomic E-state index is 11.3. The zero-order chi connectivity index (χ0) is 15.4. The topological polar surface area (TPSA) is 107 Å². The van der Waals surface area contributed by atoms with Crippen LogP contribution in [-0.2, 0) is 4.74 Å². The van der Waals surface area contributed by atoms with Gasteiger partial charge < -0.3 is 15.1 Å². The minimum Gasteiger partial charge on any atom is -0.383 e. The molecule has 0 radical (unpaired) electrons. The third-order valence-corrected chi connectivity index (χ3v) is 3.80. The number of nitrogens with two attached hydrogens (primary N) is 1. The molecule has 116 valence electrons. The van der Waals surface area contributed by atoms with Crippen LogP contribution < -0.4 is 16.2 Å². The largest absolute Gasteiger partial charge is 0.383 e. The number of nitro groups is 1. The summed E-state index contributed by atoms with van der Waals surface area (Å²) in [6.07, 6.45) is 2.29. The molecule has 0 saturated heterocycles. The van der Waals surface area contributed by atoms with Gasteiger partial charge in [-0.25, -0.2) is 10.8 Å². The number of nitrogens with one attached hydrogen (secondary N) is 1. The molecule has 1 heterocycles. The molecule has 1 aromatic rings. The van der Waals surface area contributed by atoms with Crippen molar-refractivity contribution in [2.24, 2.45) is 11.8 Å². The summed E-state index contributed by atoms with van der Waals surface area (Å²) >= 11 is 0. The van der Waals surface area contributed by atoms with E-state index in [-0.39, 0.29) is 11.7 Å². The van der Waals surface area contributed by atoms with Crippen LogP contribution in [0.4, 0.5) is 17.3 Å². The lowest BCUT2D eigenvalue weighted by atomic mass is 10.1. The van der Waals surface area contributed by atoms with Crippen LogP contribution in [0, 0.1) is 16.0 Å². The lowest BCUT2D eigenvalue weighted by Gasteiger charge is -2.30. The Kier molecular flexibility index (Phi) is 4.92. The van der Waals surface area contributed by atoms with Crippen molar-refractivity contribution in [2.75, 3.05) is 30.6 Å². The number of ether oxygens (including phenoxy) is 1. The first-order valence-electron chi connectivity index (χ1n) is 6.96. The fraction of sp³-hybridized carbons (Fsp3) is 0.615. The number of nitrogens with zero attached hydrogens (tertiary/aromatic N) is 3. The van der Waals surface area contributed by atoms with Crippen molar-refractivity contribution >= 4 is 17.3 Å². The Morgan fingerprint density at radius 3 is 2.86 bits per heavy atom. The van der Waals surface area contributed by atoms with Crippen LogP contribution in [0.15, 0.2) is 12.1 Å². The maximum atomic E-state index is 11.3. The highest BCUT2D eigenvalue weighted by Gasteiger charge is 2.35. The van der Waals surface area contributed by atoms with Gasteiger partial charge in [0.05, 0.1) is 11.5 Å². The zero-order valence-corrected chi connectivity index (χ0v) is 12.3. The van der Waals surface area contributed by atoms with Gasteiger partial charge in [0.15, 0.2) is 0 Å². The van der Waals surface area contributed by atoms with Crippen LogP contribution in [0.2, 0.25) is 0 Å². The molecule has 1 aliphatic carbocycles. The predicted octanol–water partition coefficient (Wildman–Crippen LogP) is 1.53. The molecule has 1 aromatic heterocycles. The second-order valence-electron chi connectivity index (χ2n) is 5.20. The third kappa shape index (κ3) is 3.59. The first-order valence-corrected chi connectivity index (χ1v) is 6.96. The molecule has 0 amide bonds. The van der Waals surface area contributed by atoms with Gasteiger partial charge >= 0.3 is 5.69 Å².